The lowest BCUT2D eigenvalue weighted by Gasteiger charge is -2.22. The molecule has 1 N–H and O–H groups in total. The molecular formula is C11H20ClN5O. The van der Waals surface area contributed by atoms with Gasteiger partial charge < -0.3 is 14.9 Å². The van der Waals surface area contributed by atoms with Crippen LogP contribution in [0.25, 0.3) is 0 Å². The molecule has 0 aliphatic heterocycles. The van der Waals surface area contributed by atoms with Crippen LogP contribution in [0.2, 0.25) is 5.28 Å². The number of anilines is 2. The van der Waals surface area contributed by atoms with Gasteiger partial charge in [0.05, 0.1) is 6.61 Å². The molecule has 0 fully saturated rings. The van der Waals surface area contributed by atoms with Gasteiger partial charge in [-0.25, -0.2) is 0 Å². The Bertz CT molecular complexity index is 374. The third kappa shape index (κ3) is 4.27. The fourth-order valence-corrected chi connectivity index (χ4v) is 1.60. The lowest BCUT2D eigenvalue weighted by atomic mass is 10.3. The smallest absolute Gasteiger partial charge is 0.231 e. The summed E-state index contributed by atoms with van der Waals surface area (Å²) in [7, 11) is 3.69. The molecule has 7 heteroatoms. The van der Waals surface area contributed by atoms with E-state index in [-0.39, 0.29) is 11.9 Å². The summed E-state index contributed by atoms with van der Waals surface area (Å²) in [6.45, 7) is 3.46. The van der Waals surface area contributed by atoms with Crippen LogP contribution in [0.4, 0.5) is 11.9 Å². The number of nitrogens with zero attached hydrogens (tertiary/aromatic N) is 5. The maximum Gasteiger partial charge on any atom is 0.231 e. The summed E-state index contributed by atoms with van der Waals surface area (Å²) in [4.78, 5) is 16.2. The highest BCUT2D eigenvalue weighted by atomic mass is 35.5. The van der Waals surface area contributed by atoms with Crippen LogP contribution in [0.3, 0.4) is 0 Å². The second-order valence-electron chi connectivity index (χ2n) is 4.16. The lowest BCUT2D eigenvalue weighted by molar-refractivity contribution is 0.301. The van der Waals surface area contributed by atoms with Gasteiger partial charge in [-0.1, -0.05) is 13.3 Å². The first-order valence-electron chi connectivity index (χ1n) is 6.03. The van der Waals surface area contributed by atoms with E-state index in [4.69, 9.17) is 16.7 Å². The average molecular weight is 274 g/mol. The number of hydrogen-bond donors (Lipinski definition) is 1. The Morgan fingerprint density at radius 3 is 2.33 bits per heavy atom. The molecule has 1 heterocycles. The van der Waals surface area contributed by atoms with Crippen molar-refractivity contribution in [2.24, 2.45) is 0 Å². The van der Waals surface area contributed by atoms with Crippen molar-refractivity contribution in [1.82, 2.24) is 15.0 Å². The highest BCUT2D eigenvalue weighted by Gasteiger charge is 2.13. The first-order valence-corrected chi connectivity index (χ1v) is 6.41. The van der Waals surface area contributed by atoms with E-state index in [9.17, 15) is 0 Å². The number of rotatable bonds is 7. The van der Waals surface area contributed by atoms with Gasteiger partial charge in [0.1, 0.15) is 0 Å². The fourth-order valence-electron chi connectivity index (χ4n) is 1.45. The van der Waals surface area contributed by atoms with Gasteiger partial charge in [-0.2, -0.15) is 15.0 Å². The van der Waals surface area contributed by atoms with Gasteiger partial charge >= 0.3 is 0 Å². The molecule has 0 saturated heterocycles. The van der Waals surface area contributed by atoms with Crippen LogP contribution in [0.5, 0.6) is 0 Å². The molecule has 1 aromatic rings. The highest BCUT2D eigenvalue weighted by Crippen LogP contribution is 2.15. The zero-order valence-electron chi connectivity index (χ0n) is 11.1. The van der Waals surface area contributed by atoms with Crippen molar-refractivity contribution in [3.63, 3.8) is 0 Å². The van der Waals surface area contributed by atoms with Crippen molar-refractivity contribution in [3.05, 3.63) is 5.28 Å². The third-order valence-electron chi connectivity index (χ3n) is 2.42. The monoisotopic (exact) mass is 273 g/mol. The molecule has 0 atom stereocenters. The van der Waals surface area contributed by atoms with E-state index < -0.39 is 0 Å². The summed E-state index contributed by atoms with van der Waals surface area (Å²) in [6, 6.07) is 0. The molecule has 6 nitrogen and oxygen atoms in total. The highest BCUT2D eigenvalue weighted by molar-refractivity contribution is 6.28. The number of aromatic nitrogens is 3. The molecule has 0 aliphatic carbocycles. The molecule has 0 radical (unpaired) electrons. The zero-order chi connectivity index (χ0) is 13.5. The van der Waals surface area contributed by atoms with Gasteiger partial charge in [0.25, 0.3) is 0 Å². The first-order chi connectivity index (χ1) is 8.58. The van der Waals surface area contributed by atoms with E-state index in [0.29, 0.717) is 18.4 Å². The molecule has 0 saturated carbocycles. The molecule has 18 heavy (non-hydrogen) atoms. The molecular weight excluding hydrogens is 254 g/mol. The Hall–Kier alpha value is -1.14. The van der Waals surface area contributed by atoms with Crippen molar-refractivity contribution in [2.75, 3.05) is 43.6 Å². The molecule has 0 unspecified atom stereocenters. The number of halogens is 1. The second-order valence-corrected chi connectivity index (χ2v) is 4.50. The van der Waals surface area contributed by atoms with Crippen LogP contribution < -0.4 is 9.80 Å². The van der Waals surface area contributed by atoms with Crippen molar-refractivity contribution in [3.8, 4) is 0 Å². The van der Waals surface area contributed by atoms with Gasteiger partial charge in [0.2, 0.25) is 17.2 Å². The minimum absolute atomic E-state index is 0.0598. The van der Waals surface area contributed by atoms with Crippen molar-refractivity contribution >= 4 is 23.5 Å². The number of aliphatic hydroxyl groups excluding tert-OH is 1. The first kappa shape index (κ1) is 14.9. The zero-order valence-corrected chi connectivity index (χ0v) is 11.9. The van der Waals surface area contributed by atoms with Gasteiger partial charge in [-0.3, -0.25) is 0 Å². The summed E-state index contributed by atoms with van der Waals surface area (Å²) in [5, 5.41) is 9.26. The van der Waals surface area contributed by atoms with Crippen LogP contribution in [0.15, 0.2) is 0 Å². The maximum atomic E-state index is 9.09. The Morgan fingerprint density at radius 1 is 1.11 bits per heavy atom. The quantitative estimate of drug-likeness (QED) is 0.805. The van der Waals surface area contributed by atoms with Crippen LogP contribution in [0.1, 0.15) is 19.8 Å². The number of aliphatic hydroxyl groups is 1. The van der Waals surface area contributed by atoms with Gasteiger partial charge in [-0.05, 0) is 18.0 Å². The second kappa shape index (κ2) is 7.33. The van der Waals surface area contributed by atoms with Crippen molar-refractivity contribution in [1.29, 1.82) is 0 Å². The minimum Gasteiger partial charge on any atom is -0.395 e. The predicted octanol–water partition coefficient (Wildman–Crippen LogP) is 1.19. The molecule has 0 amide bonds. The number of unbranched alkanes of at least 4 members (excludes halogenated alkanes) is 1. The Labute approximate surface area is 113 Å². The summed E-state index contributed by atoms with van der Waals surface area (Å²) in [6.07, 6.45) is 2.09. The summed E-state index contributed by atoms with van der Waals surface area (Å²) in [5.41, 5.74) is 0. The van der Waals surface area contributed by atoms with Crippen LogP contribution in [-0.2, 0) is 0 Å². The normalized spacial score (nSPS) is 10.5. The lowest BCUT2D eigenvalue weighted by Crippen LogP contribution is -2.30. The maximum absolute atomic E-state index is 9.09. The standard InChI is InChI=1S/C11H20ClN5O/c1-4-5-6-17(7-8-18)11-14-9(12)13-10(15-11)16(2)3/h18H,4-8H2,1-3H3. The van der Waals surface area contributed by atoms with Gasteiger partial charge in [-0.15, -0.1) is 0 Å². The van der Waals surface area contributed by atoms with Crippen LogP contribution in [-0.4, -0.2) is 53.9 Å². The number of hydrogen-bond acceptors (Lipinski definition) is 6. The summed E-state index contributed by atoms with van der Waals surface area (Å²) in [5.74, 6) is 1.03. The van der Waals surface area contributed by atoms with E-state index in [1.54, 1.807) is 4.90 Å². The SMILES string of the molecule is CCCCN(CCO)c1nc(Cl)nc(N(C)C)n1. The fraction of sp³-hybridized carbons (Fsp3) is 0.727. The summed E-state index contributed by atoms with van der Waals surface area (Å²) >= 11 is 5.89. The molecule has 0 bridgehead atoms. The largest absolute Gasteiger partial charge is 0.395 e. The van der Waals surface area contributed by atoms with Crippen molar-refractivity contribution in [2.45, 2.75) is 19.8 Å². The van der Waals surface area contributed by atoms with Crippen LogP contribution in [0, 0.1) is 0 Å². The Kier molecular flexibility index (Phi) is 6.07. The van der Waals surface area contributed by atoms with E-state index in [1.807, 2.05) is 19.0 Å². The molecule has 0 aliphatic rings. The summed E-state index contributed by atoms with van der Waals surface area (Å²) < 4.78 is 0. The predicted molar refractivity (Wildman–Crippen MR) is 73.4 cm³/mol. The van der Waals surface area contributed by atoms with E-state index in [2.05, 4.69) is 21.9 Å². The van der Waals surface area contributed by atoms with E-state index >= 15 is 0 Å². The Balaban J connectivity index is 2.95. The average Bonchev–Trinajstić information content (AvgIpc) is 2.33. The molecule has 1 rings (SSSR count). The van der Waals surface area contributed by atoms with Gasteiger partial charge in [0.15, 0.2) is 0 Å². The van der Waals surface area contributed by atoms with Crippen molar-refractivity contribution < 1.29 is 5.11 Å². The molecule has 0 spiro atoms. The third-order valence-corrected chi connectivity index (χ3v) is 2.59. The topological polar surface area (TPSA) is 65.4 Å². The molecule has 1 aromatic heterocycles. The molecule has 0 aromatic carbocycles. The van der Waals surface area contributed by atoms with Gasteiger partial charge in [0, 0.05) is 27.2 Å². The molecule has 102 valence electrons. The Morgan fingerprint density at radius 2 is 1.78 bits per heavy atom. The van der Waals surface area contributed by atoms with E-state index in [1.165, 1.54) is 0 Å². The minimum atomic E-state index is 0.0598. The van der Waals surface area contributed by atoms with Crippen LogP contribution >= 0.6 is 11.6 Å². The van der Waals surface area contributed by atoms with E-state index in [0.717, 1.165) is 19.4 Å².